The molecule has 3 rings (SSSR count). The number of benzene rings is 1. The number of amides is 2. The third kappa shape index (κ3) is 5.08. The summed E-state index contributed by atoms with van der Waals surface area (Å²) in [4.78, 5) is 37.6. The van der Waals surface area contributed by atoms with Crippen LogP contribution < -0.4 is 5.32 Å². The summed E-state index contributed by atoms with van der Waals surface area (Å²) < 4.78 is 0. The second-order valence-electron chi connectivity index (χ2n) is 7.68. The molecule has 0 bridgehead atoms. The van der Waals surface area contributed by atoms with Crippen molar-refractivity contribution in [3.63, 3.8) is 0 Å². The fraction of sp³-hybridized carbons (Fsp3) is 0.571. The second kappa shape index (κ2) is 9.02. The maximum atomic E-state index is 12.6. The van der Waals surface area contributed by atoms with E-state index in [4.69, 9.17) is 0 Å². The Morgan fingerprint density at radius 2 is 1.63 bits per heavy atom. The van der Waals surface area contributed by atoms with E-state index >= 15 is 0 Å². The number of carbonyl (C=O) groups excluding carboxylic acids is 2. The van der Waals surface area contributed by atoms with Gasteiger partial charge in [0.05, 0.1) is 5.92 Å². The molecule has 1 atom stereocenters. The van der Waals surface area contributed by atoms with Crippen LogP contribution in [0.4, 0.5) is 0 Å². The average Bonchev–Trinajstić information content (AvgIpc) is 2.72. The third-order valence-corrected chi connectivity index (χ3v) is 5.70. The number of piperidine rings is 1. The molecule has 2 aliphatic rings. The lowest BCUT2D eigenvalue weighted by Crippen LogP contribution is -2.42. The molecule has 146 valence electrons. The SMILES string of the molecule is O=C(O)C1CCCN(C(=O)c2ccc(CNC(=O)C3CCCCC3)cc2)C1. The highest BCUT2D eigenvalue weighted by molar-refractivity contribution is 5.94. The predicted octanol–water partition coefficient (Wildman–Crippen LogP) is 2.82. The van der Waals surface area contributed by atoms with Gasteiger partial charge in [0, 0.05) is 31.1 Å². The van der Waals surface area contributed by atoms with Crippen molar-refractivity contribution in [1.82, 2.24) is 10.2 Å². The first-order chi connectivity index (χ1) is 13.0. The standard InChI is InChI=1S/C21H28N2O4/c24-19(16-5-2-1-3-6-16)22-13-15-8-10-17(11-9-15)20(25)23-12-4-7-18(14-23)21(26)27/h8-11,16,18H,1-7,12-14H2,(H,22,24)(H,26,27). The first kappa shape index (κ1) is 19.4. The van der Waals surface area contributed by atoms with Crippen LogP contribution in [0.1, 0.15) is 60.9 Å². The van der Waals surface area contributed by atoms with Crippen LogP contribution in [-0.4, -0.2) is 40.9 Å². The van der Waals surface area contributed by atoms with Crippen LogP contribution in [-0.2, 0) is 16.1 Å². The number of likely N-dealkylation sites (tertiary alicyclic amines) is 1. The van der Waals surface area contributed by atoms with Gasteiger partial charge < -0.3 is 15.3 Å². The number of rotatable bonds is 5. The van der Waals surface area contributed by atoms with Gasteiger partial charge in [-0.3, -0.25) is 14.4 Å². The Morgan fingerprint density at radius 3 is 2.30 bits per heavy atom. The summed E-state index contributed by atoms with van der Waals surface area (Å²) in [6.07, 6.45) is 6.79. The number of nitrogens with one attached hydrogen (secondary N) is 1. The third-order valence-electron chi connectivity index (χ3n) is 5.70. The zero-order chi connectivity index (χ0) is 19.2. The topological polar surface area (TPSA) is 86.7 Å². The zero-order valence-corrected chi connectivity index (χ0v) is 15.7. The average molecular weight is 372 g/mol. The number of carboxylic acids is 1. The van der Waals surface area contributed by atoms with Gasteiger partial charge in [-0.1, -0.05) is 31.4 Å². The normalized spacial score (nSPS) is 20.9. The first-order valence-corrected chi connectivity index (χ1v) is 9.93. The van der Waals surface area contributed by atoms with Crippen LogP contribution in [0.25, 0.3) is 0 Å². The molecule has 0 aromatic heterocycles. The van der Waals surface area contributed by atoms with Gasteiger partial charge >= 0.3 is 5.97 Å². The Labute approximate surface area is 159 Å². The summed E-state index contributed by atoms with van der Waals surface area (Å²) in [5.74, 6) is -1.17. The molecule has 27 heavy (non-hydrogen) atoms. The molecular weight excluding hydrogens is 344 g/mol. The summed E-state index contributed by atoms with van der Waals surface area (Å²) in [6, 6.07) is 7.23. The smallest absolute Gasteiger partial charge is 0.308 e. The molecule has 1 heterocycles. The minimum Gasteiger partial charge on any atom is -0.481 e. The van der Waals surface area contributed by atoms with E-state index < -0.39 is 11.9 Å². The Balaban J connectivity index is 1.52. The highest BCUT2D eigenvalue weighted by Gasteiger charge is 2.28. The maximum absolute atomic E-state index is 12.6. The molecule has 6 nitrogen and oxygen atoms in total. The minimum absolute atomic E-state index is 0.126. The van der Waals surface area contributed by atoms with Crippen LogP contribution in [0, 0.1) is 11.8 Å². The summed E-state index contributed by atoms with van der Waals surface area (Å²) in [7, 11) is 0. The minimum atomic E-state index is -0.837. The van der Waals surface area contributed by atoms with Crippen molar-refractivity contribution < 1.29 is 19.5 Å². The van der Waals surface area contributed by atoms with Crippen LogP contribution in [0.15, 0.2) is 24.3 Å². The van der Waals surface area contributed by atoms with Gasteiger partial charge in [-0.05, 0) is 43.4 Å². The fourth-order valence-electron chi connectivity index (χ4n) is 4.01. The summed E-state index contributed by atoms with van der Waals surface area (Å²) in [5.41, 5.74) is 1.51. The molecule has 1 aliphatic carbocycles. The van der Waals surface area contributed by atoms with E-state index in [9.17, 15) is 19.5 Å². The van der Waals surface area contributed by atoms with E-state index in [-0.39, 0.29) is 24.3 Å². The summed E-state index contributed by atoms with van der Waals surface area (Å²) in [6.45, 7) is 1.34. The van der Waals surface area contributed by atoms with Crippen LogP contribution in [0.5, 0.6) is 0 Å². The highest BCUT2D eigenvalue weighted by Crippen LogP contribution is 2.24. The van der Waals surface area contributed by atoms with Gasteiger partial charge in [-0.25, -0.2) is 0 Å². The van der Waals surface area contributed by atoms with Crippen molar-refractivity contribution >= 4 is 17.8 Å². The maximum Gasteiger partial charge on any atom is 0.308 e. The van der Waals surface area contributed by atoms with Crippen molar-refractivity contribution in [2.24, 2.45) is 11.8 Å². The molecule has 1 aliphatic heterocycles. The Bertz CT molecular complexity index is 680. The number of nitrogens with zero attached hydrogens (tertiary/aromatic N) is 1. The molecule has 2 fully saturated rings. The summed E-state index contributed by atoms with van der Waals surface area (Å²) >= 11 is 0. The van der Waals surface area contributed by atoms with Crippen molar-refractivity contribution in [3.05, 3.63) is 35.4 Å². The predicted molar refractivity (Wildman–Crippen MR) is 101 cm³/mol. The zero-order valence-electron chi connectivity index (χ0n) is 15.7. The van der Waals surface area contributed by atoms with E-state index in [0.717, 1.165) is 31.2 Å². The van der Waals surface area contributed by atoms with Crippen LogP contribution in [0.3, 0.4) is 0 Å². The molecule has 1 aromatic carbocycles. The second-order valence-corrected chi connectivity index (χ2v) is 7.68. The van der Waals surface area contributed by atoms with Gasteiger partial charge in [-0.2, -0.15) is 0 Å². The lowest BCUT2D eigenvalue weighted by molar-refractivity contribution is -0.143. The van der Waals surface area contributed by atoms with Gasteiger partial charge in [0.15, 0.2) is 0 Å². The lowest BCUT2D eigenvalue weighted by Gasteiger charge is -2.30. The first-order valence-electron chi connectivity index (χ1n) is 9.93. The van der Waals surface area contributed by atoms with E-state index in [2.05, 4.69) is 5.32 Å². The Kier molecular flexibility index (Phi) is 6.48. The van der Waals surface area contributed by atoms with E-state index in [1.807, 2.05) is 12.1 Å². The monoisotopic (exact) mass is 372 g/mol. The molecule has 1 saturated heterocycles. The van der Waals surface area contributed by atoms with Gasteiger partial charge in [0.25, 0.3) is 5.91 Å². The van der Waals surface area contributed by atoms with E-state index in [0.29, 0.717) is 31.5 Å². The van der Waals surface area contributed by atoms with Gasteiger partial charge in [-0.15, -0.1) is 0 Å². The molecule has 2 amide bonds. The molecular formula is C21H28N2O4. The molecule has 6 heteroatoms. The number of carbonyl (C=O) groups is 3. The Morgan fingerprint density at radius 1 is 0.963 bits per heavy atom. The number of aliphatic carboxylic acids is 1. The van der Waals surface area contributed by atoms with Crippen molar-refractivity contribution in [1.29, 1.82) is 0 Å². The number of carboxylic acid groups (broad SMARTS) is 1. The number of hydrogen-bond acceptors (Lipinski definition) is 3. The molecule has 1 unspecified atom stereocenters. The molecule has 0 radical (unpaired) electrons. The van der Waals surface area contributed by atoms with E-state index in [1.165, 1.54) is 6.42 Å². The molecule has 1 aromatic rings. The largest absolute Gasteiger partial charge is 0.481 e. The van der Waals surface area contributed by atoms with E-state index in [1.54, 1.807) is 17.0 Å². The lowest BCUT2D eigenvalue weighted by atomic mass is 9.88. The highest BCUT2D eigenvalue weighted by atomic mass is 16.4. The fourth-order valence-corrected chi connectivity index (χ4v) is 4.01. The molecule has 0 spiro atoms. The quantitative estimate of drug-likeness (QED) is 0.832. The van der Waals surface area contributed by atoms with Gasteiger partial charge in [0.2, 0.25) is 5.91 Å². The van der Waals surface area contributed by atoms with Crippen molar-refractivity contribution in [3.8, 4) is 0 Å². The molecule has 1 saturated carbocycles. The van der Waals surface area contributed by atoms with Crippen molar-refractivity contribution in [2.75, 3.05) is 13.1 Å². The Hall–Kier alpha value is -2.37. The van der Waals surface area contributed by atoms with Crippen LogP contribution in [0.2, 0.25) is 0 Å². The van der Waals surface area contributed by atoms with Crippen molar-refractivity contribution in [2.45, 2.75) is 51.5 Å². The van der Waals surface area contributed by atoms with Crippen LogP contribution >= 0.6 is 0 Å². The molecule has 2 N–H and O–H groups in total. The van der Waals surface area contributed by atoms with Gasteiger partial charge in [0.1, 0.15) is 0 Å². The number of hydrogen-bond donors (Lipinski definition) is 2. The summed E-state index contributed by atoms with van der Waals surface area (Å²) in [5, 5.41) is 12.2.